The van der Waals surface area contributed by atoms with Gasteiger partial charge in [0, 0.05) is 30.7 Å². The summed E-state index contributed by atoms with van der Waals surface area (Å²) >= 11 is 1.75. The van der Waals surface area contributed by atoms with Crippen LogP contribution in [0.4, 0.5) is 5.69 Å². The van der Waals surface area contributed by atoms with Crippen molar-refractivity contribution in [2.75, 3.05) is 5.32 Å². The van der Waals surface area contributed by atoms with Crippen molar-refractivity contribution >= 4 is 17.0 Å². The summed E-state index contributed by atoms with van der Waals surface area (Å²) in [6.45, 7) is 2.91. The fraction of sp³-hybridized carbons (Fsp3) is 0.250. The van der Waals surface area contributed by atoms with Crippen molar-refractivity contribution in [1.29, 1.82) is 0 Å². The maximum atomic E-state index is 11.2. The summed E-state index contributed by atoms with van der Waals surface area (Å²) in [5.41, 5.74) is 2.29. The molecule has 84 valence electrons. The first-order valence-electron chi connectivity index (χ1n) is 5.10. The quantitative estimate of drug-likeness (QED) is 0.884. The van der Waals surface area contributed by atoms with E-state index in [9.17, 15) is 4.79 Å². The van der Waals surface area contributed by atoms with Crippen LogP contribution >= 0.6 is 11.3 Å². The van der Waals surface area contributed by atoms with Crippen LogP contribution in [-0.4, -0.2) is 4.57 Å². The van der Waals surface area contributed by atoms with Gasteiger partial charge in [-0.05, 0) is 30.0 Å². The van der Waals surface area contributed by atoms with E-state index in [0.717, 1.165) is 12.2 Å². The number of nitrogens with one attached hydrogen (secondary N) is 1. The van der Waals surface area contributed by atoms with Gasteiger partial charge in [0.15, 0.2) is 0 Å². The third kappa shape index (κ3) is 2.33. The van der Waals surface area contributed by atoms with Crippen molar-refractivity contribution in [1.82, 2.24) is 4.57 Å². The second-order valence-corrected chi connectivity index (χ2v) is 4.75. The Kier molecular flexibility index (Phi) is 3.10. The average molecular weight is 234 g/mol. The molecule has 0 saturated heterocycles. The van der Waals surface area contributed by atoms with Gasteiger partial charge in [0.05, 0.1) is 5.69 Å². The van der Waals surface area contributed by atoms with E-state index in [1.54, 1.807) is 29.0 Å². The van der Waals surface area contributed by atoms with Crippen molar-refractivity contribution in [2.24, 2.45) is 7.05 Å². The molecule has 0 aromatic carbocycles. The van der Waals surface area contributed by atoms with Gasteiger partial charge < -0.3 is 9.88 Å². The first-order chi connectivity index (χ1) is 7.66. The molecule has 0 radical (unpaired) electrons. The van der Waals surface area contributed by atoms with Crippen LogP contribution in [0.3, 0.4) is 0 Å². The number of pyridine rings is 1. The predicted molar refractivity (Wildman–Crippen MR) is 68.1 cm³/mol. The molecule has 0 bridgehead atoms. The zero-order valence-electron chi connectivity index (χ0n) is 9.36. The van der Waals surface area contributed by atoms with Crippen LogP contribution in [0.2, 0.25) is 0 Å². The molecule has 0 unspecified atom stereocenters. The minimum Gasteiger partial charge on any atom is -0.379 e. The average Bonchev–Trinajstić information content (AvgIpc) is 2.66. The number of hydrogen-bond acceptors (Lipinski definition) is 3. The van der Waals surface area contributed by atoms with Gasteiger partial charge in [0.25, 0.3) is 0 Å². The Bertz CT molecular complexity index is 542. The predicted octanol–water partition coefficient (Wildman–Crippen LogP) is 2.37. The molecular formula is C12H14N2OS. The van der Waals surface area contributed by atoms with E-state index in [0.29, 0.717) is 0 Å². The normalized spacial score (nSPS) is 10.4. The lowest BCUT2D eigenvalue weighted by Gasteiger charge is -2.06. The van der Waals surface area contributed by atoms with Crippen molar-refractivity contribution in [3.05, 3.63) is 50.6 Å². The minimum absolute atomic E-state index is 0.0119. The highest BCUT2D eigenvalue weighted by Gasteiger charge is 2.00. The number of aryl methyl sites for hydroxylation is 2. The fourth-order valence-electron chi connectivity index (χ4n) is 1.47. The molecule has 0 aliphatic rings. The molecule has 2 rings (SSSR count). The largest absolute Gasteiger partial charge is 0.379 e. The number of nitrogens with zero attached hydrogens (tertiary/aromatic N) is 1. The maximum Gasteiger partial charge on any atom is 0.250 e. The molecule has 2 aromatic rings. The Labute approximate surface area is 98.4 Å². The van der Waals surface area contributed by atoms with Crippen molar-refractivity contribution in [2.45, 2.75) is 13.5 Å². The highest BCUT2D eigenvalue weighted by atomic mass is 32.1. The highest BCUT2D eigenvalue weighted by molar-refractivity contribution is 7.10. The summed E-state index contributed by atoms with van der Waals surface area (Å²) in [5, 5.41) is 5.40. The SMILES string of the molecule is Cc1ccsc1CNc1ccc(=O)n(C)c1. The molecular weight excluding hydrogens is 220 g/mol. The second kappa shape index (κ2) is 4.53. The molecule has 3 nitrogen and oxygen atoms in total. The van der Waals surface area contributed by atoms with Crippen LogP contribution in [0, 0.1) is 6.92 Å². The fourth-order valence-corrected chi connectivity index (χ4v) is 2.31. The number of thiophene rings is 1. The van der Waals surface area contributed by atoms with E-state index in [2.05, 4.69) is 23.7 Å². The molecule has 0 spiro atoms. The lowest BCUT2D eigenvalue weighted by atomic mass is 10.3. The third-order valence-electron chi connectivity index (χ3n) is 2.51. The molecule has 0 aliphatic carbocycles. The first-order valence-corrected chi connectivity index (χ1v) is 5.98. The van der Waals surface area contributed by atoms with Gasteiger partial charge in [0.1, 0.15) is 0 Å². The topological polar surface area (TPSA) is 34.0 Å². The van der Waals surface area contributed by atoms with Crippen molar-refractivity contribution in [3.8, 4) is 0 Å². The van der Waals surface area contributed by atoms with Gasteiger partial charge in [-0.25, -0.2) is 0 Å². The Morgan fingerprint density at radius 1 is 1.38 bits per heavy atom. The molecule has 2 heterocycles. The summed E-state index contributed by atoms with van der Waals surface area (Å²) in [4.78, 5) is 12.5. The molecule has 0 atom stereocenters. The monoisotopic (exact) mass is 234 g/mol. The lowest BCUT2D eigenvalue weighted by Crippen LogP contribution is -2.15. The third-order valence-corrected chi connectivity index (χ3v) is 3.53. The van der Waals surface area contributed by atoms with Gasteiger partial charge in [-0.1, -0.05) is 0 Å². The van der Waals surface area contributed by atoms with Gasteiger partial charge >= 0.3 is 0 Å². The maximum absolute atomic E-state index is 11.2. The van der Waals surface area contributed by atoms with Gasteiger partial charge in [-0.15, -0.1) is 11.3 Å². The smallest absolute Gasteiger partial charge is 0.250 e. The summed E-state index contributed by atoms with van der Waals surface area (Å²) in [6.07, 6.45) is 1.81. The van der Waals surface area contributed by atoms with Crippen molar-refractivity contribution in [3.63, 3.8) is 0 Å². The number of aromatic nitrogens is 1. The minimum atomic E-state index is 0.0119. The second-order valence-electron chi connectivity index (χ2n) is 3.75. The van der Waals surface area contributed by atoms with E-state index in [4.69, 9.17) is 0 Å². The number of hydrogen-bond donors (Lipinski definition) is 1. The molecule has 16 heavy (non-hydrogen) atoms. The lowest BCUT2D eigenvalue weighted by molar-refractivity contribution is 0.859. The highest BCUT2D eigenvalue weighted by Crippen LogP contribution is 2.17. The Balaban J connectivity index is 2.08. The standard InChI is InChI=1S/C12H14N2OS/c1-9-5-6-16-11(9)7-13-10-3-4-12(15)14(2)8-10/h3-6,8,13H,7H2,1-2H3. The van der Waals surface area contributed by atoms with Crippen molar-refractivity contribution < 1.29 is 0 Å². The number of anilines is 1. The van der Waals surface area contributed by atoms with Crippen LogP contribution in [0.25, 0.3) is 0 Å². The van der Waals surface area contributed by atoms with Gasteiger partial charge in [-0.3, -0.25) is 4.79 Å². The van der Waals surface area contributed by atoms with E-state index in [1.807, 2.05) is 12.3 Å². The van der Waals surface area contributed by atoms with E-state index >= 15 is 0 Å². The van der Waals surface area contributed by atoms with E-state index in [-0.39, 0.29) is 5.56 Å². The molecule has 4 heteroatoms. The first kappa shape index (κ1) is 11.0. The zero-order chi connectivity index (χ0) is 11.5. The summed E-state index contributed by atoms with van der Waals surface area (Å²) in [5.74, 6) is 0. The van der Waals surface area contributed by atoms with Crippen LogP contribution in [-0.2, 0) is 13.6 Å². The zero-order valence-corrected chi connectivity index (χ0v) is 10.2. The molecule has 0 saturated carbocycles. The summed E-state index contributed by atoms with van der Waals surface area (Å²) < 4.78 is 1.57. The van der Waals surface area contributed by atoms with E-state index in [1.165, 1.54) is 10.4 Å². The molecule has 0 fully saturated rings. The summed E-state index contributed by atoms with van der Waals surface area (Å²) in [7, 11) is 1.75. The Morgan fingerprint density at radius 2 is 2.19 bits per heavy atom. The van der Waals surface area contributed by atoms with Crippen LogP contribution in [0.5, 0.6) is 0 Å². The van der Waals surface area contributed by atoms with Gasteiger partial charge in [-0.2, -0.15) is 0 Å². The van der Waals surface area contributed by atoms with Crippen LogP contribution < -0.4 is 10.9 Å². The number of rotatable bonds is 3. The molecule has 0 aliphatic heterocycles. The Morgan fingerprint density at radius 3 is 2.81 bits per heavy atom. The van der Waals surface area contributed by atoms with Crippen LogP contribution in [0.1, 0.15) is 10.4 Å². The molecule has 2 aromatic heterocycles. The molecule has 0 amide bonds. The van der Waals surface area contributed by atoms with E-state index < -0.39 is 0 Å². The Hall–Kier alpha value is -1.55. The summed E-state index contributed by atoms with van der Waals surface area (Å²) in [6, 6.07) is 5.50. The van der Waals surface area contributed by atoms with Gasteiger partial charge in [0.2, 0.25) is 5.56 Å². The molecule has 1 N–H and O–H groups in total. The van der Waals surface area contributed by atoms with Crippen LogP contribution in [0.15, 0.2) is 34.6 Å².